The maximum absolute atomic E-state index is 12.2. The molecule has 2 unspecified atom stereocenters. The Kier molecular flexibility index (Phi) is 4.06. The second-order valence-corrected chi connectivity index (χ2v) is 6.29. The SMILES string of the molecule is Cc1ccc(NC(=O)CN2CCC3CCCCC32)cc1. The average molecular weight is 272 g/mol. The zero-order chi connectivity index (χ0) is 13.9. The highest BCUT2D eigenvalue weighted by Gasteiger charge is 2.36. The molecule has 3 nitrogen and oxygen atoms in total. The lowest BCUT2D eigenvalue weighted by Gasteiger charge is -2.31. The zero-order valence-corrected chi connectivity index (χ0v) is 12.3. The molecular formula is C17H24N2O. The van der Waals surface area contributed by atoms with Gasteiger partial charge < -0.3 is 5.32 Å². The molecule has 1 saturated carbocycles. The first-order valence-corrected chi connectivity index (χ1v) is 7.83. The van der Waals surface area contributed by atoms with Crippen molar-refractivity contribution < 1.29 is 4.79 Å². The van der Waals surface area contributed by atoms with Crippen LogP contribution in [0, 0.1) is 12.8 Å². The van der Waals surface area contributed by atoms with Crippen molar-refractivity contribution in [3.63, 3.8) is 0 Å². The van der Waals surface area contributed by atoms with Crippen LogP contribution < -0.4 is 5.32 Å². The van der Waals surface area contributed by atoms with E-state index in [1.54, 1.807) is 0 Å². The van der Waals surface area contributed by atoms with E-state index in [9.17, 15) is 4.79 Å². The molecule has 0 bridgehead atoms. The van der Waals surface area contributed by atoms with E-state index in [-0.39, 0.29) is 5.91 Å². The molecule has 2 atom stereocenters. The maximum atomic E-state index is 12.2. The van der Waals surface area contributed by atoms with Crippen LogP contribution in [0.3, 0.4) is 0 Å². The van der Waals surface area contributed by atoms with Gasteiger partial charge in [-0.2, -0.15) is 0 Å². The van der Waals surface area contributed by atoms with Crippen molar-refractivity contribution in [2.45, 2.75) is 45.1 Å². The first-order chi connectivity index (χ1) is 9.72. The second-order valence-electron chi connectivity index (χ2n) is 6.29. The number of hydrogen-bond acceptors (Lipinski definition) is 2. The van der Waals surface area contributed by atoms with Gasteiger partial charge >= 0.3 is 0 Å². The van der Waals surface area contributed by atoms with E-state index in [2.05, 4.69) is 17.1 Å². The number of carbonyl (C=O) groups excluding carboxylic acids is 1. The van der Waals surface area contributed by atoms with Gasteiger partial charge in [0.15, 0.2) is 0 Å². The van der Waals surface area contributed by atoms with Crippen LogP contribution in [-0.2, 0) is 4.79 Å². The fourth-order valence-electron chi connectivity index (χ4n) is 3.72. The van der Waals surface area contributed by atoms with Gasteiger partial charge in [-0.25, -0.2) is 0 Å². The summed E-state index contributed by atoms with van der Waals surface area (Å²) in [6.45, 7) is 3.70. The summed E-state index contributed by atoms with van der Waals surface area (Å²) in [4.78, 5) is 14.6. The highest BCUT2D eigenvalue weighted by molar-refractivity contribution is 5.92. The summed E-state index contributed by atoms with van der Waals surface area (Å²) >= 11 is 0. The molecule has 1 aliphatic heterocycles. The van der Waals surface area contributed by atoms with Gasteiger partial charge in [0.05, 0.1) is 6.54 Å². The molecule has 108 valence electrons. The molecule has 1 amide bonds. The van der Waals surface area contributed by atoms with E-state index < -0.39 is 0 Å². The minimum Gasteiger partial charge on any atom is -0.325 e. The summed E-state index contributed by atoms with van der Waals surface area (Å²) < 4.78 is 0. The number of rotatable bonds is 3. The van der Waals surface area contributed by atoms with Crippen molar-refractivity contribution in [3.05, 3.63) is 29.8 Å². The molecule has 2 aliphatic rings. The minimum absolute atomic E-state index is 0.125. The van der Waals surface area contributed by atoms with Gasteiger partial charge in [0.25, 0.3) is 0 Å². The summed E-state index contributed by atoms with van der Waals surface area (Å²) in [6.07, 6.45) is 6.63. The van der Waals surface area contributed by atoms with Gasteiger partial charge in [-0.1, -0.05) is 30.5 Å². The monoisotopic (exact) mass is 272 g/mol. The Hall–Kier alpha value is -1.35. The molecule has 20 heavy (non-hydrogen) atoms. The topological polar surface area (TPSA) is 32.3 Å². The highest BCUT2D eigenvalue weighted by Crippen LogP contribution is 2.35. The number of nitrogens with one attached hydrogen (secondary N) is 1. The Balaban J connectivity index is 1.55. The number of anilines is 1. The zero-order valence-electron chi connectivity index (χ0n) is 12.3. The van der Waals surface area contributed by atoms with E-state index in [0.29, 0.717) is 12.6 Å². The molecule has 3 rings (SSSR count). The van der Waals surface area contributed by atoms with Gasteiger partial charge in [-0.05, 0) is 50.8 Å². The molecule has 1 aromatic carbocycles. The quantitative estimate of drug-likeness (QED) is 0.916. The van der Waals surface area contributed by atoms with Crippen molar-refractivity contribution in [3.8, 4) is 0 Å². The van der Waals surface area contributed by atoms with Gasteiger partial charge in [0.2, 0.25) is 5.91 Å². The van der Waals surface area contributed by atoms with Gasteiger partial charge in [-0.3, -0.25) is 9.69 Å². The normalized spacial score (nSPS) is 26.2. The summed E-state index contributed by atoms with van der Waals surface area (Å²) in [5, 5.41) is 3.01. The molecular weight excluding hydrogens is 248 g/mol. The third-order valence-electron chi connectivity index (χ3n) is 4.81. The lowest BCUT2D eigenvalue weighted by molar-refractivity contribution is -0.117. The van der Waals surface area contributed by atoms with Crippen molar-refractivity contribution >= 4 is 11.6 Å². The summed E-state index contributed by atoms with van der Waals surface area (Å²) in [7, 11) is 0. The van der Waals surface area contributed by atoms with Crippen LogP contribution in [0.5, 0.6) is 0 Å². The van der Waals surface area contributed by atoms with Crippen molar-refractivity contribution in [1.82, 2.24) is 4.90 Å². The van der Waals surface area contributed by atoms with Crippen LogP contribution >= 0.6 is 0 Å². The summed E-state index contributed by atoms with van der Waals surface area (Å²) in [5.41, 5.74) is 2.12. The minimum atomic E-state index is 0.125. The maximum Gasteiger partial charge on any atom is 0.238 e. The Morgan fingerprint density at radius 3 is 2.75 bits per heavy atom. The third-order valence-corrected chi connectivity index (χ3v) is 4.81. The van der Waals surface area contributed by atoms with Gasteiger partial charge in [-0.15, -0.1) is 0 Å². The molecule has 0 aromatic heterocycles. The lowest BCUT2D eigenvalue weighted by atomic mass is 9.85. The predicted molar refractivity (Wildman–Crippen MR) is 81.7 cm³/mol. The summed E-state index contributed by atoms with van der Waals surface area (Å²) in [6, 6.07) is 8.67. The highest BCUT2D eigenvalue weighted by atomic mass is 16.2. The number of fused-ring (bicyclic) bond motifs is 1. The number of hydrogen-bond donors (Lipinski definition) is 1. The smallest absolute Gasteiger partial charge is 0.238 e. The van der Waals surface area contributed by atoms with Crippen LogP contribution in [0.15, 0.2) is 24.3 Å². The van der Waals surface area contributed by atoms with E-state index in [1.165, 1.54) is 37.7 Å². The van der Waals surface area contributed by atoms with E-state index >= 15 is 0 Å². The fraction of sp³-hybridized carbons (Fsp3) is 0.588. The molecule has 1 heterocycles. The van der Waals surface area contributed by atoms with Gasteiger partial charge in [0, 0.05) is 11.7 Å². The molecule has 1 saturated heterocycles. The lowest BCUT2D eigenvalue weighted by Crippen LogP contribution is -2.39. The standard InChI is InChI=1S/C17H24N2O/c1-13-6-8-15(9-7-13)18-17(20)12-19-11-10-14-4-2-3-5-16(14)19/h6-9,14,16H,2-5,10-12H2,1H3,(H,18,20). The Labute approximate surface area is 121 Å². The number of amides is 1. The van der Waals surface area contributed by atoms with Crippen molar-refractivity contribution in [2.75, 3.05) is 18.4 Å². The molecule has 0 spiro atoms. The number of nitrogens with zero attached hydrogens (tertiary/aromatic N) is 1. The molecule has 1 aromatic rings. The Bertz CT molecular complexity index is 468. The first-order valence-electron chi connectivity index (χ1n) is 7.83. The number of benzene rings is 1. The van der Waals surface area contributed by atoms with Crippen LogP contribution in [0.25, 0.3) is 0 Å². The van der Waals surface area contributed by atoms with Gasteiger partial charge in [0.1, 0.15) is 0 Å². The molecule has 2 fully saturated rings. The molecule has 1 aliphatic carbocycles. The Morgan fingerprint density at radius 1 is 1.20 bits per heavy atom. The average Bonchev–Trinajstić information content (AvgIpc) is 2.85. The van der Waals surface area contributed by atoms with E-state index in [4.69, 9.17) is 0 Å². The van der Waals surface area contributed by atoms with Crippen LogP contribution in [-0.4, -0.2) is 29.9 Å². The van der Waals surface area contributed by atoms with Crippen LogP contribution in [0.2, 0.25) is 0 Å². The fourth-order valence-corrected chi connectivity index (χ4v) is 3.72. The molecule has 0 radical (unpaired) electrons. The van der Waals surface area contributed by atoms with Crippen LogP contribution in [0.4, 0.5) is 5.69 Å². The number of carbonyl (C=O) groups is 1. The van der Waals surface area contributed by atoms with E-state index in [0.717, 1.165) is 18.2 Å². The second kappa shape index (κ2) is 5.96. The largest absolute Gasteiger partial charge is 0.325 e. The number of likely N-dealkylation sites (tertiary alicyclic amines) is 1. The third kappa shape index (κ3) is 3.04. The molecule has 3 heteroatoms. The first kappa shape index (κ1) is 13.6. The summed E-state index contributed by atoms with van der Waals surface area (Å²) in [5.74, 6) is 0.969. The Morgan fingerprint density at radius 2 is 1.95 bits per heavy atom. The van der Waals surface area contributed by atoms with Crippen molar-refractivity contribution in [1.29, 1.82) is 0 Å². The molecule has 1 N–H and O–H groups in total. The van der Waals surface area contributed by atoms with E-state index in [1.807, 2.05) is 24.3 Å². The predicted octanol–water partition coefficient (Wildman–Crippen LogP) is 3.20. The van der Waals surface area contributed by atoms with Crippen LogP contribution in [0.1, 0.15) is 37.7 Å². The number of aryl methyl sites for hydroxylation is 1. The van der Waals surface area contributed by atoms with Crippen molar-refractivity contribution in [2.24, 2.45) is 5.92 Å².